The first-order chi connectivity index (χ1) is 40.8. The molecule has 0 unspecified atom stereocenters. The quantitative estimate of drug-likeness (QED) is 0.0163. The smallest absolute Gasteiger partial charge is 0.336 e. The fourth-order valence-corrected chi connectivity index (χ4v) is 10.2. The number of rotatable bonds is 34. The van der Waals surface area contributed by atoms with Crippen molar-refractivity contribution in [3.63, 3.8) is 0 Å². The van der Waals surface area contributed by atoms with Crippen LogP contribution in [0, 0.1) is 29.6 Å². The number of carbonyl (C=O) groups is 9. The maximum Gasteiger partial charge on any atom is 0.336 e. The van der Waals surface area contributed by atoms with Crippen LogP contribution in [0.5, 0.6) is 0 Å². The Hall–Kier alpha value is -8.27. The van der Waals surface area contributed by atoms with Crippen LogP contribution in [0.3, 0.4) is 0 Å². The monoisotopic (exact) mass is 1220 g/mol. The van der Waals surface area contributed by atoms with Gasteiger partial charge in [0, 0.05) is 56.2 Å². The largest absolute Gasteiger partial charge is 0.423 e. The minimum atomic E-state index is -1.67. The molecule has 9 amide bonds. The highest BCUT2D eigenvalue weighted by Gasteiger charge is 2.41. The highest BCUT2D eigenvalue weighted by molar-refractivity contribution is 7.98. The molecule has 2 aromatic carbocycles. The van der Waals surface area contributed by atoms with Crippen molar-refractivity contribution in [2.45, 2.75) is 154 Å². The predicted octanol–water partition coefficient (Wildman–Crippen LogP) is 0.0513. The summed E-state index contributed by atoms with van der Waals surface area (Å²) in [4.78, 5) is 139. The molecular formula is C58H87N15O12S. The van der Waals surface area contributed by atoms with Crippen molar-refractivity contribution in [2.24, 2.45) is 23.3 Å². The van der Waals surface area contributed by atoms with Gasteiger partial charge in [-0.1, -0.05) is 58.0 Å². The SMILES string of the molecule is CSCC[C@H](NC(C)=O)C(=O)N[C@@H](Cc1ccccc1)C(=O)N[C@@H](CC(C)C)C(=O)N1CCC[C@H]1C(=O)N[C@@H](CC(C)C)C(=O)N[C@@H](CCCNC(=N)N)C(=O)N[C@@H](CO)C(=O)N[C@@H](CCCNC(=N)N)C(=O)Nc1ccc2c(C)cc(=O)oc2c1. The molecule has 472 valence electrons. The van der Waals surface area contributed by atoms with Crippen LogP contribution in [-0.2, 0) is 49.6 Å². The number of aliphatic hydroxyl groups excluding tert-OH is 1. The van der Waals surface area contributed by atoms with Crippen LogP contribution in [0.4, 0.5) is 5.69 Å². The van der Waals surface area contributed by atoms with E-state index in [1.807, 2.05) is 40.0 Å². The maximum atomic E-state index is 14.7. The number of thioether (sulfide) groups is 1. The molecule has 1 aliphatic rings. The van der Waals surface area contributed by atoms with E-state index in [0.29, 0.717) is 29.5 Å². The molecule has 0 aliphatic carbocycles. The van der Waals surface area contributed by atoms with Crippen LogP contribution in [0.1, 0.15) is 104 Å². The third-order valence-electron chi connectivity index (χ3n) is 14.0. The number of likely N-dealkylation sites (tertiary alicyclic amines) is 1. The number of guanidine groups is 2. The lowest BCUT2D eigenvalue weighted by Crippen LogP contribution is -2.60. The molecule has 2 heterocycles. The van der Waals surface area contributed by atoms with Gasteiger partial charge in [0.15, 0.2) is 11.9 Å². The van der Waals surface area contributed by atoms with Gasteiger partial charge in [-0.3, -0.25) is 54.0 Å². The summed E-state index contributed by atoms with van der Waals surface area (Å²) in [6, 6.07) is 5.01. The summed E-state index contributed by atoms with van der Waals surface area (Å²) in [5, 5.41) is 53.0. The molecule has 0 saturated carbocycles. The molecule has 1 aliphatic heterocycles. The number of aliphatic hydroxyl groups is 1. The van der Waals surface area contributed by atoms with Gasteiger partial charge in [-0.05, 0) is 112 Å². The molecule has 3 aromatic rings. The summed E-state index contributed by atoms with van der Waals surface area (Å²) < 4.78 is 5.32. The first kappa shape index (κ1) is 70.2. The summed E-state index contributed by atoms with van der Waals surface area (Å²) in [5.74, 6) is -6.74. The number of fused-ring (bicyclic) bond motifs is 1. The molecule has 4 rings (SSSR count). The van der Waals surface area contributed by atoms with E-state index in [2.05, 4.69) is 53.2 Å². The summed E-state index contributed by atoms with van der Waals surface area (Å²) >= 11 is 1.49. The lowest BCUT2D eigenvalue weighted by Gasteiger charge is -2.32. The molecule has 1 saturated heterocycles. The van der Waals surface area contributed by atoms with Crippen LogP contribution >= 0.6 is 11.8 Å². The number of anilines is 1. The summed E-state index contributed by atoms with van der Waals surface area (Å²) in [6.07, 6.45) is 3.31. The third kappa shape index (κ3) is 23.3. The normalized spacial score (nSPS) is 15.4. The van der Waals surface area contributed by atoms with E-state index < -0.39 is 114 Å². The Labute approximate surface area is 505 Å². The summed E-state index contributed by atoms with van der Waals surface area (Å²) in [5.41, 5.74) is 12.1. The average Bonchev–Trinajstić information content (AvgIpc) is 4.11. The Balaban J connectivity index is 1.54. The Bertz CT molecular complexity index is 2910. The fourth-order valence-electron chi connectivity index (χ4n) is 9.76. The number of benzene rings is 2. The fraction of sp³-hybridized carbons (Fsp3) is 0.552. The highest BCUT2D eigenvalue weighted by atomic mass is 32.2. The number of carbonyl (C=O) groups excluding carboxylic acids is 9. The van der Waals surface area contributed by atoms with E-state index >= 15 is 0 Å². The number of hydrogen-bond donors (Lipinski definition) is 15. The van der Waals surface area contributed by atoms with Crippen molar-refractivity contribution in [1.29, 1.82) is 10.8 Å². The van der Waals surface area contributed by atoms with Crippen LogP contribution in [-0.4, -0.2) is 162 Å². The highest BCUT2D eigenvalue weighted by Crippen LogP contribution is 2.23. The van der Waals surface area contributed by atoms with Crippen molar-refractivity contribution < 1.29 is 52.7 Å². The predicted molar refractivity (Wildman–Crippen MR) is 327 cm³/mol. The van der Waals surface area contributed by atoms with E-state index in [9.17, 15) is 53.1 Å². The van der Waals surface area contributed by atoms with E-state index in [-0.39, 0.29) is 106 Å². The zero-order chi connectivity index (χ0) is 63.6. The van der Waals surface area contributed by atoms with Gasteiger partial charge < -0.3 is 79.1 Å². The topological polar surface area (TPSA) is 427 Å². The van der Waals surface area contributed by atoms with Gasteiger partial charge in [-0.15, -0.1) is 0 Å². The molecule has 0 spiro atoms. The molecule has 28 heteroatoms. The standard InChI is InChI=1S/C58H87N15O12S/c1-32(2)26-42(70-55(83)46-18-13-24-73(46)56(84)44(27-33(3)4)71-53(81)43(29-36-14-9-8-10-15-36)69-51(79)41(21-25-86-7)65-35(6)75)52(80)67-40(17-12-23-64-58(61)62)50(78)72-45(31-74)54(82)68-39(16-11-22-63-57(59)60)49(77)66-37-19-20-38-34(5)28-48(76)85-47(38)30-37/h8-10,14-15,19-20,28,30,32-33,39-46,74H,11-13,16-18,21-27,29,31H2,1-7H3,(H,65,75)(H,66,77)(H,67,80)(H,68,82)(H,69,79)(H,70,83)(H,71,81)(H,72,78)(H4,59,60,63)(H4,61,62,64)/t39-,40-,41-,42-,43-,44-,45-,46-/m0/s1. The lowest BCUT2D eigenvalue weighted by atomic mass is 9.99. The van der Waals surface area contributed by atoms with Gasteiger partial charge in [0.1, 0.15) is 53.9 Å². The number of nitrogens with one attached hydrogen (secondary N) is 12. The van der Waals surface area contributed by atoms with E-state index in [1.54, 1.807) is 43.3 Å². The minimum absolute atomic E-state index is 0.0168. The second-order valence-corrected chi connectivity index (χ2v) is 23.1. The molecule has 27 nitrogen and oxygen atoms in total. The molecule has 8 atom stereocenters. The number of aryl methyl sites for hydroxylation is 1. The van der Waals surface area contributed by atoms with E-state index in [1.165, 1.54) is 35.7 Å². The van der Waals surface area contributed by atoms with Crippen LogP contribution in [0.25, 0.3) is 11.0 Å². The molecule has 86 heavy (non-hydrogen) atoms. The maximum absolute atomic E-state index is 14.7. The Kier molecular flexibility index (Phi) is 28.8. The van der Waals surface area contributed by atoms with E-state index in [4.69, 9.17) is 26.7 Å². The first-order valence-corrected chi connectivity index (χ1v) is 30.2. The van der Waals surface area contributed by atoms with Crippen molar-refractivity contribution >= 4 is 93.5 Å². The summed E-state index contributed by atoms with van der Waals surface area (Å²) in [6.45, 7) is 9.80. The molecular weight excluding hydrogens is 1130 g/mol. The number of amides is 9. The average molecular weight is 1220 g/mol. The number of nitrogens with two attached hydrogens (primary N) is 2. The van der Waals surface area contributed by atoms with Crippen molar-refractivity contribution in [3.8, 4) is 0 Å². The molecule has 0 radical (unpaired) electrons. The zero-order valence-corrected chi connectivity index (χ0v) is 50.8. The van der Waals surface area contributed by atoms with Gasteiger partial charge in [0.2, 0.25) is 53.2 Å². The Morgan fingerprint density at radius 2 is 1.20 bits per heavy atom. The third-order valence-corrected chi connectivity index (χ3v) is 14.6. The Morgan fingerprint density at radius 1 is 0.674 bits per heavy atom. The van der Waals surface area contributed by atoms with Crippen molar-refractivity contribution in [1.82, 2.24) is 52.8 Å². The zero-order valence-electron chi connectivity index (χ0n) is 50.0. The lowest BCUT2D eigenvalue weighted by molar-refractivity contribution is -0.143. The summed E-state index contributed by atoms with van der Waals surface area (Å²) in [7, 11) is 0. The van der Waals surface area contributed by atoms with Gasteiger partial charge in [-0.2, -0.15) is 11.8 Å². The van der Waals surface area contributed by atoms with Gasteiger partial charge in [0.05, 0.1) is 6.61 Å². The van der Waals surface area contributed by atoms with Gasteiger partial charge in [-0.25, -0.2) is 4.79 Å². The molecule has 0 bridgehead atoms. The van der Waals surface area contributed by atoms with E-state index in [0.717, 1.165) is 5.56 Å². The molecule has 1 fully saturated rings. The van der Waals surface area contributed by atoms with Crippen LogP contribution in [0.2, 0.25) is 0 Å². The van der Waals surface area contributed by atoms with Crippen molar-refractivity contribution in [2.75, 3.05) is 43.6 Å². The second kappa shape index (κ2) is 35.3. The van der Waals surface area contributed by atoms with Crippen LogP contribution < -0.4 is 70.3 Å². The molecule has 17 N–H and O–H groups in total. The minimum Gasteiger partial charge on any atom is -0.423 e. The number of hydrogen-bond acceptors (Lipinski definition) is 15. The van der Waals surface area contributed by atoms with Gasteiger partial charge in [0.25, 0.3) is 0 Å². The Morgan fingerprint density at radius 3 is 1.77 bits per heavy atom. The second-order valence-electron chi connectivity index (χ2n) is 22.1. The first-order valence-electron chi connectivity index (χ1n) is 28.8. The van der Waals surface area contributed by atoms with Gasteiger partial charge >= 0.3 is 5.63 Å². The van der Waals surface area contributed by atoms with Crippen LogP contribution in [0.15, 0.2) is 63.8 Å². The number of nitrogens with zero attached hydrogens (tertiary/aromatic N) is 1. The van der Waals surface area contributed by atoms with Crippen molar-refractivity contribution in [3.05, 3.63) is 76.1 Å². The molecule has 1 aromatic heterocycles.